The van der Waals surface area contributed by atoms with Crippen LogP contribution in [-0.4, -0.2) is 49.7 Å². The molecule has 2 atom stereocenters. The van der Waals surface area contributed by atoms with Crippen molar-refractivity contribution in [1.29, 1.82) is 0 Å². The Morgan fingerprint density at radius 3 is 2.63 bits per heavy atom. The third-order valence-electron chi connectivity index (χ3n) is 3.07. The second-order valence-corrected chi connectivity index (χ2v) is 6.41. The molecule has 1 N–H and O–H groups in total. The molecule has 0 spiro atoms. The van der Waals surface area contributed by atoms with Crippen molar-refractivity contribution in [1.82, 2.24) is 4.31 Å². The van der Waals surface area contributed by atoms with Crippen molar-refractivity contribution in [2.75, 3.05) is 19.8 Å². The molecule has 19 heavy (non-hydrogen) atoms. The minimum Gasteiger partial charge on any atom is -0.394 e. The maximum absolute atomic E-state index is 12.8. The molecular weight excluding hydrogens is 273 g/mol. The van der Waals surface area contributed by atoms with E-state index in [0.29, 0.717) is 0 Å². The van der Waals surface area contributed by atoms with E-state index >= 15 is 0 Å². The summed E-state index contributed by atoms with van der Waals surface area (Å²) in [5.74, 6) is -0.484. The van der Waals surface area contributed by atoms with E-state index in [0.717, 1.165) is 12.1 Å². The number of ether oxygens (including phenoxy) is 1. The van der Waals surface area contributed by atoms with Crippen molar-refractivity contribution in [2.24, 2.45) is 0 Å². The lowest BCUT2D eigenvalue weighted by atomic mass is 10.2. The quantitative estimate of drug-likeness (QED) is 0.884. The molecule has 0 aliphatic carbocycles. The van der Waals surface area contributed by atoms with E-state index in [1.54, 1.807) is 6.92 Å². The second kappa shape index (κ2) is 5.54. The Morgan fingerprint density at radius 2 is 2.05 bits per heavy atom. The number of nitrogens with zero attached hydrogens (tertiary/aromatic N) is 1. The van der Waals surface area contributed by atoms with E-state index in [1.165, 1.54) is 16.4 Å². The van der Waals surface area contributed by atoms with Crippen LogP contribution in [0.5, 0.6) is 0 Å². The lowest BCUT2D eigenvalue weighted by Gasteiger charge is -2.36. The molecule has 1 aliphatic heterocycles. The third kappa shape index (κ3) is 2.94. The van der Waals surface area contributed by atoms with Crippen LogP contribution >= 0.6 is 0 Å². The Hall–Kier alpha value is -1.02. The van der Waals surface area contributed by atoms with E-state index in [-0.39, 0.29) is 30.7 Å². The fourth-order valence-corrected chi connectivity index (χ4v) is 3.63. The molecule has 1 heterocycles. The highest BCUT2D eigenvalue weighted by molar-refractivity contribution is 7.89. The van der Waals surface area contributed by atoms with E-state index in [4.69, 9.17) is 9.84 Å². The number of morpholine rings is 1. The van der Waals surface area contributed by atoms with Crippen molar-refractivity contribution in [2.45, 2.75) is 24.0 Å². The fourth-order valence-electron chi connectivity index (χ4n) is 1.98. The molecule has 1 aromatic carbocycles. The largest absolute Gasteiger partial charge is 0.394 e. The number of rotatable bonds is 3. The van der Waals surface area contributed by atoms with Crippen molar-refractivity contribution in [3.8, 4) is 0 Å². The van der Waals surface area contributed by atoms with Gasteiger partial charge in [0, 0.05) is 12.6 Å². The van der Waals surface area contributed by atoms with Gasteiger partial charge in [-0.3, -0.25) is 0 Å². The van der Waals surface area contributed by atoms with Gasteiger partial charge in [0.15, 0.2) is 0 Å². The minimum atomic E-state index is -3.70. The summed E-state index contributed by atoms with van der Waals surface area (Å²) in [6, 6.07) is 4.38. The van der Waals surface area contributed by atoms with Crippen LogP contribution in [-0.2, 0) is 14.8 Å². The normalized spacial score (nSPS) is 25.4. The SMILES string of the molecule is CC1COC(CO)CN1S(=O)(=O)c1ccc(F)cc1. The molecular formula is C12H16FNO4S. The highest BCUT2D eigenvalue weighted by atomic mass is 32.2. The number of hydrogen-bond donors (Lipinski definition) is 1. The smallest absolute Gasteiger partial charge is 0.243 e. The van der Waals surface area contributed by atoms with Gasteiger partial charge in [-0.05, 0) is 31.2 Å². The molecule has 106 valence electrons. The zero-order valence-electron chi connectivity index (χ0n) is 10.5. The Kier molecular flexibility index (Phi) is 4.19. The van der Waals surface area contributed by atoms with Crippen molar-refractivity contribution in [3.05, 3.63) is 30.1 Å². The first kappa shape index (κ1) is 14.4. The maximum atomic E-state index is 12.8. The summed E-state index contributed by atoms with van der Waals surface area (Å²) in [6.07, 6.45) is -0.522. The minimum absolute atomic E-state index is 0.0411. The third-order valence-corrected chi connectivity index (χ3v) is 5.07. The first-order chi connectivity index (χ1) is 8.95. The lowest BCUT2D eigenvalue weighted by Crippen LogP contribution is -2.51. The fraction of sp³-hybridized carbons (Fsp3) is 0.500. The zero-order chi connectivity index (χ0) is 14.0. The summed E-state index contributed by atoms with van der Waals surface area (Å²) in [5.41, 5.74) is 0. The van der Waals surface area contributed by atoms with Gasteiger partial charge in [0.1, 0.15) is 5.82 Å². The summed E-state index contributed by atoms with van der Waals surface area (Å²) < 4.78 is 44.3. The molecule has 1 aromatic rings. The first-order valence-corrected chi connectivity index (χ1v) is 7.39. The van der Waals surface area contributed by atoms with Gasteiger partial charge in [-0.25, -0.2) is 12.8 Å². The molecule has 0 aromatic heterocycles. The lowest BCUT2D eigenvalue weighted by molar-refractivity contribution is -0.0516. The van der Waals surface area contributed by atoms with Gasteiger partial charge >= 0.3 is 0 Å². The van der Waals surface area contributed by atoms with Gasteiger partial charge in [-0.2, -0.15) is 4.31 Å². The van der Waals surface area contributed by atoms with E-state index in [2.05, 4.69) is 0 Å². The Bertz CT molecular complexity index is 531. The average molecular weight is 289 g/mol. The topological polar surface area (TPSA) is 66.8 Å². The molecule has 2 rings (SSSR count). The summed E-state index contributed by atoms with van der Waals surface area (Å²) in [7, 11) is -3.70. The van der Waals surface area contributed by atoms with Crippen LogP contribution in [0, 0.1) is 5.82 Å². The molecule has 1 saturated heterocycles. The van der Waals surface area contributed by atoms with Gasteiger partial charge in [0.2, 0.25) is 10.0 Å². The van der Waals surface area contributed by atoms with Crippen LogP contribution in [0.15, 0.2) is 29.2 Å². The molecule has 0 amide bonds. The molecule has 0 bridgehead atoms. The Labute approximate surface area is 111 Å². The van der Waals surface area contributed by atoms with Gasteiger partial charge in [0.05, 0.1) is 24.2 Å². The predicted octanol–water partition coefficient (Wildman–Crippen LogP) is 0.596. The summed E-state index contributed by atoms with van der Waals surface area (Å²) in [6.45, 7) is 1.82. The van der Waals surface area contributed by atoms with E-state index in [1.807, 2.05) is 0 Å². The van der Waals surface area contributed by atoms with Crippen LogP contribution in [0.25, 0.3) is 0 Å². The van der Waals surface area contributed by atoms with Crippen LogP contribution in [0.4, 0.5) is 4.39 Å². The summed E-state index contributed by atoms with van der Waals surface area (Å²) in [4.78, 5) is 0.0411. The molecule has 1 fully saturated rings. The van der Waals surface area contributed by atoms with Gasteiger partial charge < -0.3 is 9.84 Å². The molecule has 5 nitrogen and oxygen atoms in total. The number of halogens is 1. The first-order valence-electron chi connectivity index (χ1n) is 5.95. The average Bonchev–Trinajstić information content (AvgIpc) is 2.39. The van der Waals surface area contributed by atoms with Crippen molar-refractivity contribution < 1.29 is 22.7 Å². The van der Waals surface area contributed by atoms with Crippen LogP contribution in [0.1, 0.15) is 6.92 Å². The van der Waals surface area contributed by atoms with Crippen molar-refractivity contribution >= 4 is 10.0 Å². The second-order valence-electron chi connectivity index (χ2n) is 4.52. The number of hydrogen-bond acceptors (Lipinski definition) is 4. The zero-order valence-corrected chi connectivity index (χ0v) is 11.3. The summed E-state index contributed by atoms with van der Waals surface area (Å²) in [5, 5.41) is 9.07. The van der Waals surface area contributed by atoms with Crippen LogP contribution in [0.3, 0.4) is 0 Å². The van der Waals surface area contributed by atoms with E-state index < -0.39 is 21.9 Å². The predicted molar refractivity (Wildman–Crippen MR) is 66.6 cm³/mol. The molecule has 7 heteroatoms. The van der Waals surface area contributed by atoms with Gasteiger partial charge in [-0.15, -0.1) is 0 Å². The number of aliphatic hydroxyl groups is 1. The molecule has 1 aliphatic rings. The molecule has 0 saturated carbocycles. The van der Waals surface area contributed by atoms with Crippen molar-refractivity contribution in [3.63, 3.8) is 0 Å². The highest BCUT2D eigenvalue weighted by Gasteiger charge is 2.35. The van der Waals surface area contributed by atoms with Gasteiger partial charge in [0.25, 0.3) is 0 Å². The summed E-state index contributed by atoms with van der Waals surface area (Å²) >= 11 is 0. The number of benzene rings is 1. The van der Waals surface area contributed by atoms with Crippen LogP contribution < -0.4 is 0 Å². The highest BCUT2D eigenvalue weighted by Crippen LogP contribution is 2.22. The van der Waals surface area contributed by atoms with Gasteiger partial charge in [-0.1, -0.05) is 0 Å². The van der Waals surface area contributed by atoms with E-state index in [9.17, 15) is 12.8 Å². The Balaban J connectivity index is 2.29. The molecule has 0 radical (unpaired) electrons. The Morgan fingerprint density at radius 1 is 1.42 bits per heavy atom. The maximum Gasteiger partial charge on any atom is 0.243 e. The monoisotopic (exact) mass is 289 g/mol. The number of aliphatic hydroxyl groups excluding tert-OH is 1. The van der Waals surface area contributed by atoms with Crippen LogP contribution in [0.2, 0.25) is 0 Å². The molecule has 2 unspecified atom stereocenters. The number of sulfonamides is 1. The standard InChI is InChI=1S/C12H16FNO4S/c1-9-8-18-11(7-15)6-14(9)19(16,17)12-4-2-10(13)3-5-12/h2-5,9,11,15H,6-8H2,1H3.